The molecule has 82 valence electrons. The second kappa shape index (κ2) is 4.36. The number of hydrogen-bond donors (Lipinski definition) is 3. The smallest absolute Gasteiger partial charge is 0.344 e. The lowest BCUT2D eigenvalue weighted by Gasteiger charge is -2.07. The van der Waals surface area contributed by atoms with Gasteiger partial charge in [-0.3, -0.25) is 14.6 Å². The van der Waals surface area contributed by atoms with Gasteiger partial charge in [-0.05, 0) is 15.9 Å². The van der Waals surface area contributed by atoms with Crippen LogP contribution >= 0.6 is 15.9 Å². The van der Waals surface area contributed by atoms with Crippen LogP contribution in [0.1, 0.15) is 0 Å². The van der Waals surface area contributed by atoms with Crippen LogP contribution in [0.3, 0.4) is 0 Å². The molecule has 1 heterocycles. The van der Waals surface area contributed by atoms with Gasteiger partial charge < -0.3 is 10.8 Å². The molecular formula is C6H7BrN4O4. The maximum Gasteiger partial charge on any atom is 0.344 e. The Bertz CT molecular complexity index is 493. The molecule has 0 saturated carbocycles. The van der Waals surface area contributed by atoms with Crippen molar-refractivity contribution in [2.24, 2.45) is 5.73 Å². The number of nitrogens with zero attached hydrogens (tertiary/aromatic N) is 2. The van der Waals surface area contributed by atoms with E-state index in [1.54, 1.807) is 0 Å². The molecule has 0 aliphatic carbocycles. The van der Waals surface area contributed by atoms with Gasteiger partial charge in [-0.25, -0.2) is 9.48 Å². The van der Waals surface area contributed by atoms with Gasteiger partial charge in [-0.1, -0.05) is 0 Å². The van der Waals surface area contributed by atoms with Crippen molar-refractivity contribution in [2.45, 2.75) is 12.6 Å². The number of H-pyrrole nitrogens is 1. The van der Waals surface area contributed by atoms with E-state index in [2.05, 4.69) is 21.0 Å². The van der Waals surface area contributed by atoms with E-state index in [1.807, 2.05) is 4.98 Å². The Hall–Kier alpha value is -1.48. The third kappa shape index (κ3) is 2.73. The molecule has 0 radical (unpaired) electrons. The molecule has 0 unspecified atom stereocenters. The van der Waals surface area contributed by atoms with Crippen molar-refractivity contribution >= 4 is 21.9 Å². The van der Waals surface area contributed by atoms with E-state index >= 15 is 0 Å². The minimum absolute atomic E-state index is 0.111. The number of carboxylic acids is 1. The van der Waals surface area contributed by atoms with E-state index in [4.69, 9.17) is 10.8 Å². The van der Waals surface area contributed by atoms with Gasteiger partial charge in [0.1, 0.15) is 6.04 Å². The molecule has 0 spiro atoms. The van der Waals surface area contributed by atoms with E-state index < -0.39 is 23.3 Å². The van der Waals surface area contributed by atoms with Crippen LogP contribution in [0.5, 0.6) is 0 Å². The summed E-state index contributed by atoms with van der Waals surface area (Å²) in [6.45, 7) is -0.316. The number of aliphatic carboxylic acids is 1. The van der Waals surface area contributed by atoms with Crippen molar-refractivity contribution in [3.05, 3.63) is 25.4 Å². The Kier molecular flexibility index (Phi) is 3.37. The number of halogens is 1. The number of rotatable bonds is 3. The van der Waals surface area contributed by atoms with Crippen molar-refractivity contribution in [3.8, 4) is 0 Å². The van der Waals surface area contributed by atoms with Gasteiger partial charge in [0.2, 0.25) is 0 Å². The quantitative estimate of drug-likeness (QED) is 0.592. The van der Waals surface area contributed by atoms with Gasteiger partial charge in [0.05, 0.1) is 6.54 Å². The first-order chi connectivity index (χ1) is 6.91. The van der Waals surface area contributed by atoms with Gasteiger partial charge in [-0.15, -0.1) is 0 Å². The summed E-state index contributed by atoms with van der Waals surface area (Å²) >= 11 is 2.80. The standard InChI is InChI=1S/C6H7BrN4O4/c7-3-4(12)9-6(15)11(10-3)1-2(8)5(13)14/h2H,1,8H2,(H,13,14)(H,9,12,15)/t2-/m0/s1. The lowest BCUT2D eigenvalue weighted by atomic mass is 10.3. The summed E-state index contributed by atoms with van der Waals surface area (Å²) in [5.41, 5.74) is 3.71. The molecule has 0 bridgehead atoms. The highest BCUT2D eigenvalue weighted by Crippen LogP contribution is 1.92. The number of carbonyl (C=O) groups is 1. The van der Waals surface area contributed by atoms with Crippen LogP contribution in [-0.4, -0.2) is 31.9 Å². The second-order valence-electron chi connectivity index (χ2n) is 2.68. The van der Waals surface area contributed by atoms with Crippen molar-refractivity contribution in [1.82, 2.24) is 14.8 Å². The summed E-state index contributed by atoms with van der Waals surface area (Å²) in [5.74, 6) is -1.26. The maximum absolute atomic E-state index is 11.1. The SMILES string of the molecule is N[C@@H](Cn1nc(Br)c(=O)[nH]c1=O)C(=O)O. The second-order valence-corrected chi connectivity index (χ2v) is 3.43. The summed E-state index contributed by atoms with van der Waals surface area (Å²) in [6.07, 6.45) is 0. The molecule has 15 heavy (non-hydrogen) atoms. The van der Waals surface area contributed by atoms with Crippen LogP contribution in [0.4, 0.5) is 0 Å². The van der Waals surface area contributed by atoms with Crippen LogP contribution in [0, 0.1) is 0 Å². The lowest BCUT2D eigenvalue weighted by Crippen LogP contribution is -2.41. The first-order valence-electron chi connectivity index (χ1n) is 3.77. The molecule has 8 nitrogen and oxygen atoms in total. The fourth-order valence-corrected chi connectivity index (χ4v) is 1.09. The Labute approximate surface area is 90.8 Å². The lowest BCUT2D eigenvalue weighted by molar-refractivity contribution is -0.138. The molecule has 0 fully saturated rings. The first-order valence-corrected chi connectivity index (χ1v) is 4.56. The third-order valence-corrected chi connectivity index (χ3v) is 2.06. The predicted octanol–water partition coefficient (Wildman–Crippen LogP) is -1.89. The van der Waals surface area contributed by atoms with E-state index in [-0.39, 0.29) is 11.1 Å². The van der Waals surface area contributed by atoms with E-state index in [1.165, 1.54) is 0 Å². The highest BCUT2D eigenvalue weighted by molar-refractivity contribution is 9.10. The van der Waals surface area contributed by atoms with Crippen LogP contribution in [0.25, 0.3) is 0 Å². The minimum Gasteiger partial charge on any atom is -0.480 e. The summed E-state index contributed by atoms with van der Waals surface area (Å²) in [6, 6.07) is -1.26. The van der Waals surface area contributed by atoms with Gasteiger partial charge in [-0.2, -0.15) is 5.10 Å². The predicted molar refractivity (Wildman–Crippen MR) is 52.4 cm³/mol. The van der Waals surface area contributed by atoms with Crippen molar-refractivity contribution < 1.29 is 9.90 Å². The van der Waals surface area contributed by atoms with Crippen molar-refractivity contribution in [2.75, 3.05) is 0 Å². The zero-order valence-corrected chi connectivity index (χ0v) is 8.89. The van der Waals surface area contributed by atoms with Crippen LogP contribution in [-0.2, 0) is 11.3 Å². The zero-order valence-electron chi connectivity index (χ0n) is 7.31. The largest absolute Gasteiger partial charge is 0.480 e. The normalized spacial score (nSPS) is 12.4. The number of aromatic nitrogens is 3. The zero-order chi connectivity index (χ0) is 11.6. The van der Waals surface area contributed by atoms with E-state index in [0.29, 0.717) is 0 Å². The molecule has 1 atom stereocenters. The summed E-state index contributed by atoms with van der Waals surface area (Å²) in [5, 5.41) is 12.0. The third-order valence-electron chi connectivity index (χ3n) is 1.54. The molecule has 1 aromatic heterocycles. The summed E-state index contributed by atoms with van der Waals surface area (Å²) in [7, 11) is 0. The Morgan fingerprint density at radius 3 is 2.80 bits per heavy atom. The van der Waals surface area contributed by atoms with Crippen molar-refractivity contribution in [3.63, 3.8) is 0 Å². The molecule has 9 heteroatoms. The van der Waals surface area contributed by atoms with Gasteiger partial charge in [0, 0.05) is 0 Å². The van der Waals surface area contributed by atoms with Crippen LogP contribution in [0.15, 0.2) is 14.2 Å². The van der Waals surface area contributed by atoms with Crippen LogP contribution < -0.4 is 17.0 Å². The average molecular weight is 279 g/mol. The highest BCUT2D eigenvalue weighted by atomic mass is 79.9. The van der Waals surface area contributed by atoms with E-state index in [0.717, 1.165) is 4.68 Å². The summed E-state index contributed by atoms with van der Waals surface area (Å²) in [4.78, 5) is 34.4. The summed E-state index contributed by atoms with van der Waals surface area (Å²) < 4.78 is 0.657. The molecule has 0 aliphatic heterocycles. The number of aromatic amines is 1. The molecule has 4 N–H and O–H groups in total. The molecule has 1 rings (SSSR count). The topological polar surface area (TPSA) is 131 Å². The van der Waals surface area contributed by atoms with Gasteiger partial charge >= 0.3 is 11.7 Å². The first kappa shape index (κ1) is 11.6. The average Bonchev–Trinajstić information content (AvgIpc) is 2.13. The Balaban J connectivity index is 3.06. The highest BCUT2D eigenvalue weighted by Gasteiger charge is 2.14. The fourth-order valence-electron chi connectivity index (χ4n) is 0.798. The molecule has 0 amide bonds. The maximum atomic E-state index is 11.1. The fraction of sp³-hybridized carbons (Fsp3) is 0.333. The molecule has 1 aromatic rings. The van der Waals surface area contributed by atoms with E-state index in [9.17, 15) is 14.4 Å². The monoisotopic (exact) mass is 278 g/mol. The number of nitrogens with two attached hydrogens (primary N) is 1. The molecule has 0 saturated heterocycles. The molecular weight excluding hydrogens is 272 g/mol. The van der Waals surface area contributed by atoms with Gasteiger partial charge in [0.25, 0.3) is 5.56 Å². The Morgan fingerprint density at radius 1 is 1.67 bits per heavy atom. The number of nitrogens with one attached hydrogen (secondary N) is 1. The minimum atomic E-state index is -1.26. The molecule has 0 aliphatic rings. The number of hydrogen-bond acceptors (Lipinski definition) is 5. The van der Waals surface area contributed by atoms with Crippen LogP contribution in [0.2, 0.25) is 0 Å². The van der Waals surface area contributed by atoms with Gasteiger partial charge in [0.15, 0.2) is 4.60 Å². The number of carboxylic acid groups (broad SMARTS) is 1. The van der Waals surface area contributed by atoms with Crippen molar-refractivity contribution in [1.29, 1.82) is 0 Å². The molecule has 0 aromatic carbocycles. The Morgan fingerprint density at radius 2 is 2.27 bits per heavy atom.